The summed E-state index contributed by atoms with van der Waals surface area (Å²) in [5.41, 5.74) is 0. The topological polar surface area (TPSA) is 91.7 Å². The SMILES string of the molecule is CC(=O)NCCNC(=O)C1CCCN(C(=O)c2ccco2)C1. The van der Waals surface area contributed by atoms with Crippen molar-refractivity contribution in [3.8, 4) is 0 Å². The van der Waals surface area contributed by atoms with E-state index in [1.54, 1.807) is 17.0 Å². The van der Waals surface area contributed by atoms with Gasteiger partial charge in [0.15, 0.2) is 5.76 Å². The summed E-state index contributed by atoms with van der Waals surface area (Å²) >= 11 is 0. The number of hydrogen-bond acceptors (Lipinski definition) is 4. The molecule has 1 fully saturated rings. The van der Waals surface area contributed by atoms with Crippen LogP contribution in [0.3, 0.4) is 0 Å². The monoisotopic (exact) mass is 307 g/mol. The van der Waals surface area contributed by atoms with Gasteiger partial charge in [0.1, 0.15) is 0 Å². The second-order valence-corrected chi connectivity index (χ2v) is 5.34. The van der Waals surface area contributed by atoms with E-state index in [1.165, 1.54) is 13.2 Å². The van der Waals surface area contributed by atoms with Crippen molar-refractivity contribution in [3.05, 3.63) is 24.2 Å². The molecule has 0 aliphatic carbocycles. The Morgan fingerprint density at radius 1 is 1.32 bits per heavy atom. The Morgan fingerprint density at radius 2 is 2.09 bits per heavy atom. The molecule has 22 heavy (non-hydrogen) atoms. The molecule has 0 aromatic carbocycles. The number of hydrogen-bond donors (Lipinski definition) is 2. The first-order valence-corrected chi connectivity index (χ1v) is 7.43. The zero-order valence-corrected chi connectivity index (χ0v) is 12.6. The molecule has 1 saturated heterocycles. The van der Waals surface area contributed by atoms with Crippen LogP contribution in [0.25, 0.3) is 0 Å². The average Bonchev–Trinajstić information content (AvgIpc) is 3.05. The van der Waals surface area contributed by atoms with E-state index in [0.29, 0.717) is 31.9 Å². The van der Waals surface area contributed by atoms with Crippen molar-refractivity contribution in [1.82, 2.24) is 15.5 Å². The zero-order valence-electron chi connectivity index (χ0n) is 12.6. The third kappa shape index (κ3) is 4.34. The van der Waals surface area contributed by atoms with Crippen LogP contribution in [-0.4, -0.2) is 48.8 Å². The number of piperidine rings is 1. The molecule has 1 aromatic rings. The third-order valence-electron chi connectivity index (χ3n) is 3.61. The lowest BCUT2D eigenvalue weighted by molar-refractivity contribution is -0.126. The first-order valence-electron chi connectivity index (χ1n) is 7.43. The Balaban J connectivity index is 1.81. The summed E-state index contributed by atoms with van der Waals surface area (Å²) in [5, 5.41) is 5.41. The van der Waals surface area contributed by atoms with E-state index in [-0.39, 0.29) is 23.6 Å². The van der Waals surface area contributed by atoms with Gasteiger partial charge in [0.25, 0.3) is 5.91 Å². The number of amides is 3. The molecule has 1 aliphatic rings. The van der Waals surface area contributed by atoms with E-state index in [0.717, 1.165) is 12.8 Å². The van der Waals surface area contributed by atoms with E-state index in [2.05, 4.69) is 10.6 Å². The molecular formula is C15H21N3O4. The van der Waals surface area contributed by atoms with Crippen LogP contribution in [0.15, 0.2) is 22.8 Å². The number of nitrogens with one attached hydrogen (secondary N) is 2. The number of likely N-dealkylation sites (tertiary alicyclic amines) is 1. The molecule has 3 amide bonds. The molecule has 0 radical (unpaired) electrons. The molecule has 7 heteroatoms. The lowest BCUT2D eigenvalue weighted by Crippen LogP contribution is -2.46. The van der Waals surface area contributed by atoms with Gasteiger partial charge in [-0.1, -0.05) is 0 Å². The van der Waals surface area contributed by atoms with Crippen molar-refractivity contribution in [3.63, 3.8) is 0 Å². The first kappa shape index (κ1) is 16.1. The Hall–Kier alpha value is -2.31. The Morgan fingerprint density at radius 3 is 2.77 bits per heavy atom. The van der Waals surface area contributed by atoms with Gasteiger partial charge < -0.3 is 20.0 Å². The summed E-state index contributed by atoms with van der Waals surface area (Å²) in [5.74, 6) is -0.304. The van der Waals surface area contributed by atoms with Crippen molar-refractivity contribution in [2.75, 3.05) is 26.2 Å². The molecule has 120 valence electrons. The van der Waals surface area contributed by atoms with Crippen LogP contribution >= 0.6 is 0 Å². The smallest absolute Gasteiger partial charge is 0.289 e. The maximum Gasteiger partial charge on any atom is 0.289 e. The lowest BCUT2D eigenvalue weighted by atomic mass is 9.97. The molecule has 2 heterocycles. The van der Waals surface area contributed by atoms with Crippen LogP contribution < -0.4 is 10.6 Å². The maximum absolute atomic E-state index is 12.2. The predicted molar refractivity (Wildman–Crippen MR) is 79.0 cm³/mol. The minimum Gasteiger partial charge on any atom is -0.459 e. The molecule has 7 nitrogen and oxygen atoms in total. The Labute approximate surface area is 129 Å². The van der Waals surface area contributed by atoms with Gasteiger partial charge in [-0.15, -0.1) is 0 Å². The maximum atomic E-state index is 12.2. The molecule has 0 saturated carbocycles. The van der Waals surface area contributed by atoms with Crippen LogP contribution in [0, 0.1) is 5.92 Å². The first-order chi connectivity index (χ1) is 10.6. The fourth-order valence-electron chi connectivity index (χ4n) is 2.50. The van der Waals surface area contributed by atoms with Crippen LogP contribution in [0.1, 0.15) is 30.3 Å². The van der Waals surface area contributed by atoms with Crippen LogP contribution in [0.2, 0.25) is 0 Å². The van der Waals surface area contributed by atoms with Gasteiger partial charge in [-0.05, 0) is 25.0 Å². The largest absolute Gasteiger partial charge is 0.459 e. The van der Waals surface area contributed by atoms with Crippen LogP contribution in [0.4, 0.5) is 0 Å². The highest BCUT2D eigenvalue weighted by atomic mass is 16.3. The van der Waals surface area contributed by atoms with Crippen molar-refractivity contribution in [2.24, 2.45) is 5.92 Å². The van der Waals surface area contributed by atoms with E-state index < -0.39 is 0 Å². The number of rotatable bonds is 5. The molecule has 0 bridgehead atoms. The molecule has 1 aliphatic heterocycles. The van der Waals surface area contributed by atoms with E-state index >= 15 is 0 Å². The van der Waals surface area contributed by atoms with Gasteiger partial charge in [0.05, 0.1) is 12.2 Å². The van der Waals surface area contributed by atoms with Gasteiger partial charge in [0, 0.05) is 33.1 Å². The van der Waals surface area contributed by atoms with Gasteiger partial charge in [-0.2, -0.15) is 0 Å². The summed E-state index contributed by atoms with van der Waals surface area (Å²) in [7, 11) is 0. The van der Waals surface area contributed by atoms with E-state index in [4.69, 9.17) is 4.42 Å². The molecule has 1 aromatic heterocycles. The zero-order chi connectivity index (χ0) is 15.9. The van der Waals surface area contributed by atoms with Gasteiger partial charge >= 0.3 is 0 Å². The van der Waals surface area contributed by atoms with Crippen molar-refractivity contribution < 1.29 is 18.8 Å². The summed E-state index contributed by atoms with van der Waals surface area (Å²) in [6.45, 7) is 3.26. The third-order valence-corrected chi connectivity index (χ3v) is 3.61. The molecule has 0 spiro atoms. The van der Waals surface area contributed by atoms with Crippen LogP contribution in [-0.2, 0) is 9.59 Å². The van der Waals surface area contributed by atoms with Crippen molar-refractivity contribution in [2.45, 2.75) is 19.8 Å². The van der Waals surface area contributed by atoms with Crippen molar-refractivity contribution in [1.29, 1.82) is 0 Å². The Kier molecular flexibility index (Phi) is 5.57. The van der Waals surface area contributed by atoms with Gasteiger partial charge in [-0.25, -0.2) is 0 Å². The van der Waals surface area contributed by atoms with E-state index in [1.807, 2.05) is 0 Å². The number of furan rings is 1. The van der Waals surface area contributed by atoms with Crippen molar-refractivity contribution >= 4 is 17.7 Å². The molecule has 1 atom stereocenters. The summed E-state index contributed by atoms with van der Waals surface area (Å²) in [6, 6.07) is 3.29. The van der Waals surface area contributed by atoms with Crippen LogP contribution in [0.5, 0.6) is 0 Å². The summed E-state index contributed by atoms with van der Waals surface area (Å²) in [4.78, 5) is 36.7. The summed E-state index contributed by atoms with van der Waals surface area (Å²) in [6.07, 6.45) is 3.01. The average molecular weight is 307 g/mol. The quantitative estimate of drug-likeness (QED) is 0.770. The second-order valence-electron chi connectivity index (χ2n) is 5.34. The highest BCUT2D eigenvalue weighted by Crippen LogP contribution is 2.19. The molecular weight excluding hydrogens is 286 g/mol. The minimum absolute atomic E-state index is 0.0812. The lowest BCUT2D eigenvalue weighted by Gasteiger charge is -2.31. The Bertz CT molecular complexity index is 527. The van der Waals surface area contributed by atoms with Gasteiger partial charge in [0.2, 0.25) is 11.8 Å². The fraction of sp³-hybridized carbons (Fsp3) is 0.533. The normalized spacial score (nSPS) is 17.9. The number of carbonyl (C=O) groups excluding carboxylic acids is 3. The molecule has 2 rings (SSSR count). The van der Waals surface area contributed by atoms with Gasteiger partial charge in [-0.3, -0.25) is 14.4 Å². The second kappa shape index (κ2) is 7.63. The molecule has 2 N–H and O–H groups in total. The minimum atomic E-state index is -0.218. The number of nitrogens with zero attached hydrogens (tertiary/aromatic N) is 1. The predicted octanol–water partition coefficient (Wildman–Crippen LogP) is 0.384. The fourth-order valence-corrected chi connectivity index (χ4v) is 2.50. The standard InChI is InChI=1S/C15H21N3O4/c1-11(19)16-6-7-17-14(20)12-4-2-8-18(10-12)15(21)13-5-3-9-22-13/h3,5,9,12H,2,4,6-8,10H2,1H3,(H,16,19)(H,17,20). The highest BCUT2D eigenvalue weighted by molar-refractivity contribution is 5.92. The number of carbonyl (C=O) groups is 3. The molecule has 1 unspecified atom stereocenters. The highest BCUT2D eigenvalue weighted by Gasteiger charge is 2.29. The van der Waals surface area contributed by atoms with E-state index in [9.17, 15) is 14.4 Å². The summed E-state index contributed by atoms with van der Waals surface area (Å²) < 4.78 is 5.11.